The van der Waals surface area contributed by atoms with Gasteiger partial charge in [-0.05, 0) is 37.5 Å². The van der Waals surface area contributed by atoms with E-state index in [0.717, 1.165) is 18.4 Å². The molecule has 2 heterocycles. The molecule has 1 N–H and O–H groups in total. The Morgan fingerprint density at radius 1 is 1.22 bits per heavy atom. The SMILES string of the molecule is Cc1cccc(S(=O)(=O)N2CC3CCC(C2)N3)c1. The molecule has 0 radical (unpaired) electrons. The highest BCUT2D eigenvalue weighted by Crippen LogP contribution is 2.25. The Hall–Kier alpha value is -0.910. The molecular formula is C13H18N2O2S. The highest BCUT2D eigenvalue weighted by molar-refractivity contribution is 7.89. The highest BCUT2D eigenvalue weighted by Gasteiger charge is 2.37. The largest absolute Gasteiger partial charge is 0.309 e. The highest BCUT2D eigenvalue weighted by atomic mass is 32.2. The van der Waals surface area contributed by atoms with E-state index in [2.05, 4.69) is 5.32 Å². The topological polar surface area (TPSA) is 49.4 Å². The number of hydrogen-bond acceptors (Lipinski definition) is 3. The quantitative estimate of drug-likeness (QED) is 0.872. The molecule has 0 amide bonds. The summed E-state index contributed by atoms with van der Waals surface area (Å²) in [5.74, 6) is 0. The minimum atomic E-state index is -3.32. The van der Waals surface area contributed by atoms with Gasteiger partial charge in [-0.1, -0.05) is 12.1 Å². The van der Waals surface area contributed by atoms with Crippen LogP contribution in [0.4, 0.5) is 0 Å². The van der Waals surface area contributed by atoms with Crippen LogP contribution in [-0.2, 0) is 10.0 Å². The zero-order valence-corrected chi connectivity index (χ0v) is 11.3. The molecule has 4 nitrogen and oxygen atoms in total. The standard InChI is InChI=1S/C13H18N2O2S/c1-10-3-2-4-13(7-10)18(16,17)15-8-11-5-6-12(9-15)14-11/h2-4,7,11-12,14H,5-6,8-9H2,1H3. The van der Waals surface area contributed by atoms with Crippen LogP contribution < -0.4 is 5.32 Å². The zero-order valence-electron chi connectivity index (χ0n) is 10.5. The first-order chi connectivity index (χ1) is 8.55. The van der Waals surface area contributed by atoms with Gasteiger partial charge in [0.25, 0.3) is 0 Å². The average molecular weight is 266 g/mol. The summed E-state index contributed by atoms with van der Waals surface area (Å²) in [7, 11) is -3.32. The number of rotatable bonds is 2. The lowest BCUT2D eigenvalue weighted by atomic mass is 10.2. The van der Waals surface area contributed by atoms with E-state index in [-0.39, 0.29) is 0 Å². The van der Waals surface area contributed by atoms with E-state index in [4.69, 9.17) is 0 Å². The predicted octanol–water partition coefficient (Wildman–Crippen LogP) is 1.12. The van der Waals surface area contributed by atoms with Gasteiger partial charge in [-0.25, -0.2) is 8.42 Å². The third-order valence-electron chi connectivity index (χ3n) is 3.81. The molecule has 2 saturated heterocycles. The number of fused-ring (bicyclic) bond motifs is 2. The second kappa shape index (κ2) is 4.33. The van der Waals surface area contributed by atoms with Crippen LogP contribution >= 0.6 is 0 Å². The average Bonchev–Trinajstić information content (AvgIpc) is 2.68. The summed E-state index contributed by atoms with van der Waals surface area (Å²) in [4.78, 5) is 0.420. The number of nitrogens with zero attached hydrogens (tertiary/aromatic N) is 1. The van der Waals surface area contributed by atoms with Gasteiger partial charge in [0, 0.05) is 25.2 Å². The van der Waals surface area contributed by atoms with Crippen molar-refractivity contribution in [2.75, 3.05) is 13.1 Å². The molecule has 2 unspecified atom stereocenters. The maximum atomic E-state index is 12.6. The first-order valence-electron chi connectivity index (χ1n) is 6.38. The fraction of sp³-hybridized carbons (Fsp3) is 0.538. The molecule has 2 atom stereocenters. The van der Waals surface area contributed by atoms with Crippen LogP contribution in [0.15, 0.2) is 29.2 Å². The number of nitrogens with one attached hydrogen (secondary N) is 1. The van der Waals surface area contributed by atoms with E-state index < -0.39 is 10.0 Å². The van der Waals surface area contributed by atoms with Gasteiger partial charge in [0.15, 0.2) is 0 Å². The molecule has 1 aromatic carbocycles. The summed E-state index contributed by atoms with van der Waals surface area (Å²) < 4.78 is 26.8. The number of aryl methyl sites for hydroxylation is 1. The maximum Gasteiger partial charge on any atom is 0.243 e. The number of hydrogen-bond donors (Lipinski definition) is 1. The first kappa shape index (κ1) is 12.1. The van der Waals surface area contributed by atoms with Crippen molar-refractivity contribution < 1.29 is 8.42 Å². The van der Waals surface area contributed by atoms with Crippen LogP contribution in [0.25, 0.3) is 0 Å². The molecule has 0 aliphatic carbocycles. The summed E-state index contributed by atoms with van der Waals surface area (Å²) in [6.07, 6.45) is 2.18. The van der Waals surface area contributed by atoms with Crippen LogP contribution in [0.5, 0.6) is 0 Å². The van der Waals surface area contributed by atoms with Crippen LogP contribution in [0.1, 0.15) is 18.4 Å². The molecule has 2 fully saturated rings. The summed E-state index contributed by atoms with van der Waals surface area (Å²) in [5.41, 5.74) is 0.981. The van der Waals surface area contributed by atoms with Crippen LogP contribution in [0.2, 0.25) is 0 Å². The second-order valence-corrected chi connectivity index (χ2v) is 7.21. The Balaban J connectivity index is 1.91. The van der Waals surface area contributed by atoms with Crippen molar-refractivity contribution in [3.63, 3.8) is 0 Å². The number of benzene rings is 1. The van der Waals surface area contributed by atoms with Crippen LogP contribution in [0.3, 0.4) is 0 Å². The van der Waals surface area contributed by atoms with Gasteiger partial charge in [-0.2, -0.15) is 4.31 Å². The van der Waals surface area contributed by atoms with Gasteiger partial charge in [0.05, 0.1) is 4.90 Å². The Bertz CT molecular complexity index is 544. The van der Waals surface area contributed by atoms with Gasteiger partial charge in [-0.15, -0.1) is 0 Å². The van der Waals surface area contributed by atoms with Gasteiger partial charge >= 0.3 is 0 Å². The van der Waals surface area contributed by atoms with E-state index in [1.54, 1.807) is 22.5 Å². The molecule has 98 valence electrons. The summed E-state index contributed by atoms with van der Waals surface area (Å²) in [6.45, 7) is 3.13. The molecule has 0 aromatic heterocycles. The summed E-state index contributed by atoms with van der Waals surface area (Å²) in [5, 5.41) is 3.45. The van der Waals surface area contributed by atoms with Crippen LogP contribution in [0, 0.1) is 6.92 Å². The first-order valence-corrected chi connectivity index (χ1v) is 7.82. The van der Waals surface area contributed by atoms with E-state index >= 15 is 0 Å². The number of sulfonamides is 1. The van der Waals surface area contributed by atoms with Crippen molar-refractivity contribution in [3.05, 3.63) is 29.8 Å². The molecule has 18 heavy (non-hydrogen) atoms. The Labute approximate surface area is 108 Å². The van der Waals surface area contributed by atoms with E-state index in [0.29, 0.717) is 30.1 Å². The second-order valence-electron chi connectivity index (χ2n) is 5.28. The molecule has 5 heteroatoms. The van der Waals surface area contributed by atoms with Crippen LogP contribution in [-0.4, -0.2) is 37.9 Å². The summed E-state index contributed by atoms with van der Waals surface area (Å²) in [6, 6.07) is 7.83. The Kier molecular flexibility index (Phi) is 2.92. The third kappa shape index (κ3) is 2.06. The molecule has 0 spiro atoms. The fourth-order valence-electron chi connectivity index (χ4n) is 2.88. The lowest BCUT2D eigenvalue weighted by molar-refractivity contribution is 0.296. The van der Waals surface area contributed by atoms with Gasteiger partial charge in [0.2, 0.25) is 10.0 Å². The van der Waals surface area contributed by atoms with E-state index in [1.165, 1.54) is 0 Å². The normalized spacial score (nSPS) is 28.5. The van der Waals surface area contributed by atoms with Crippen molar-refractivity contribution in [1.29, 1.82) is 0 Å². The van der Waals surface area contributed by atoms with Gasteiger partial charge in [0.1, 0.15) is 0 Å². The monoisotopic (exact) mass is 266 g/mol. The smallest absolute Gasteiger partial charge is 0.243 e. The van der Waals surface area contributed by atoms with Gasteiger partial charge in [-0.3, -0.25) is 0 Å². The zero-order chi connectivity index (χ0) is 12.8. The minimum absolute atomic E-state index is 0.336. The van der Waals surface area contributed by atoms with Crippen molar-refractivity contribution in [2.24, 2.45) is 0 Å². The fourth-order valence-corrected chi connectivity index (χ4v) is 4.51. The van der Waals surface area contributed by atoms with Crippen molar-refractivity contribution >= 4 is 10.0 Å². The Morgan fingerprint density at radius 3 is 2.50 bits per heavy atom. The minimum Gasteiger partial charge on any atom is -0.309 e. The van der Waals surface area contributed by atoms with Crippen molar-refractivity contribution in [1.82, 2.24) is 9.62 Å². The van der Waals surface area contributed by atoms with E-state index in [1.807, 2.05) is 13.0 Å². The molecule has 2 aliphatic rings. The molecule has 1 aromatic rings. The van der Waals surface area contributed by atoms with E-state index in [9.17, 15) is 8.42 Å². The van der Waals surface area contributed by atoms with Crippen molar-refractivity contribution in [3.8, 4) is 0 Å². The van der Waals surface area contributed by atoms with Crippen molar-refractivity contribution in [2.45, 2.75) is 36.7 Å². The lowest BCUT2D eigenvalue weighted by Crippen LogP contribution is -2.52. The third-order valence-corrected chi connectivity index (χ3v) is 5.64. The molecular weight excluding hydrogens is 248 g/mol. The van der Waals surface area contributed by atoms with Gasteiger partial charge < -0.3 is 5.32 Å². The maximum absolute atomic E-state index is 12.6. The number of piperazine rings is 1. The Morgan fingerprint density at radius 2 is 1.89 bits per heavy atom. The predicted molar refractivity (Wildman–Crippen MR) is 69.9 cm³/mol. The molecule has 2 aliphatic heterocycles. The lowest BCUT2D eigenvalue weighted by Gasteiger charge is -2.32. The molecule has 0 saturated carbocycles. The molecule has 3 rings (SSSR count). The summed E-state index contributed by atoms with van der Waals surface area (Å²) >= 11 is 0. The molecule has 2 bridgehead atoms.